The molecule has 3 nitrogen and oxygen atoms in total. The summed E-state index contributed by atoms with van der Waals surface area (Å²) in [6, 6.07) is 4.97. The molecule has 1 heterocycles. The maximum Gasteiger partial charge on any atom is 0.191 e. The topological polar surface area (TPSA) is 36.4 Å². The van der Waals surface area contributed by atoms with Gasteiger partial charge < -0.3 is 10.6 Å². The van der Waals surface area contributed by atoms with Gasteiger partial charge in [0, 0.05) is 22.3 Å². The molecular weight excluding hydrogens is 381 g/mol. The molecule has 0 amide bonds. The zero-order valence-corrected chi connectivity index (χ0v) is 15.8. The van der Waals surface area contributed by atoms with Gasteiger partial charge in [0.05, 0.1) is 6.54 Å². The standard InChI is InChI=1S/C15H25N3S.HI/c1-4-6-12-9-14(12)18-15(16-5-2)17-10-13-8-7-11(3)19-13;/h7-8,12,14H,4-6,9-10H2,1-3H3,(H2,16,17,18);1H. The lowest BCUT2D eigenvalue weighted by atomic mass is 10.2. The molecule has 0 aromatic carbocycles. The lowest BCUT2D eigenvalue weighted by molar-refractivity contribution is 0.655. The van der Waals surface area contributed by atoms with Gasteiger partial charge in [0.1, 0.15) is 0 Å². The van der Waals surface area contributed by atoms with Crippen LogP contribution in [0.1, 0.15) is 42.9 Å². The van der Waals surface area contributed by atoms with E-state index in [2.05, 4.69) is 48.5 Å². The van der Waals surface area contributed by atoms with Crippen LogP contribution in [-0.4, -0.2) is 18.5 Å². The van der Waals surface area contributed by atoms with E-state index in [1.54, 1.807) is 0 Å². The van der Waals surface area contributed by atoms with Crippen LogP contribution < -0.4 is 10.6 Å². The van der Waals surface area contributed by atoms with Crippen LogP contribution >= 0.6 is 35.3 Å². The summed E-state index contributed by atoms with van der Waals surface area (Å²) in [4.78, 5) is 7.36. The van der Waals surface area contributed by atoms with Crippen LogP contribution in [0.5, 0.6) is 0 Å². The van der Waals surface area contributed by atoms with Crippen molar-refractivity contribution in [1.29, 1.82) is 0 Å². The molecule has 2 atom stereocenters. The zero-order chi connectivity index (χ0) is 13.7. The lowest BCUT2D eigenvalue weighted by Crippen LogP contribution is -2.39. The average Bonchev–Trinajstić information content (AvgIpc) is 2.96. The quantitative estimate of drug-likeness (QED) is 0.426. The summed E-state index contributed by atoms with van der Waals surface area (Å²) in [5.74, 6) is 1.83. The van der Waals surface area contributed by atoms with Crippen LogP contribution in [0.25, 0.3) is 0 Å². The number of aliphatic imine (C=N–C) groups is 1. The SMILES string of the molecule is CCCC1CC1NC(=NCc1ccc(C)s1)NCC.I. The molecule has 0 saturated heterocycles. The molecule has 20 heavy (non-hydrogen) atoms. The monoisotopic (exact) mass is 407 g/mol. The van der Waals surface area contributed by atoms with Crippen LogP contribution in [0.15, 0.2) is 17.1 Å². The summed E-state index contributed by atoms with van der Waals surface area (Å²) in [6.07, 6.45) is 3.92. The number of halogens is 1. The van der Waals surface area contributed by atoms with E-state index in [9.17, 15) is 0 Å². The third-order valence-corrected chi connectivity index (χ3v) is 4.42. The Labute approximate surface area is 143 Å². The molecule has 1 fully saturated rings. The van der Waals surface area contributed by atoms with Crippen molar-refractivity contribution in [2.75, 3.05) is 6.54 Å². The molecule has 114 valence electrons. The Morgan fingerprint density at radius 3 is 2.80 bits per heavy atom. The van der Waals surface area contributed by atoms with Gasteiger partial charge in [0.2, 0.25) is 0 Å². The molecule has 5 heteroatoms. The Morgan fingerprint density at radius 1 is 1.40 bits per heavy atom. The van der Waals surface area contributed by atoms with Crippen molar-refractivity contribution in [2.45, 2.75) is 52.6 Å². The number of aryl methyl sites for hydroxylation is 1. The summed E-state index contributed by atoms with van der Waals surface area (Å²) in [7, 11) is 0. The minimum absolute atomic E-state index is 0. The van der Waals surface area contributed by atoms with Gasteiger partial charge in [0.25, 0.3) is 0 Å². The summed E-state index contributed by atoms with van der Waals surface area (Å²) in [6.45, 7) is 8.21. The predicted octanol–water partition coefficient (Wildman–Crippen LogP) is 3.92. The number of nitrogens with zero attached hydrogens (tertiary/aromatic N) is 1. The van der Waals surface area contributed by atoms with Gasteiger partial charge in [-0.3, -0.25) is 0 Å². The summed E-state index contributed by atoms with van der Waals surface area (Å²) in [5.41, 5.74) is 0. The highest BCUT2D eigenvalue weighted by Gasteiger charge is 2.36. The minimum Gasteiger partial charge on any atom is -0.357 e. The number of nitrogens with one attached hydrogen (secondary N) is 2. The fraction of sp³-hybridized carbons (Fsp3) is 0.667. The highest BCUT2D eigenvalue weighted by Crippen LogP contribution is 2.34. The third-order valence-electron chi connectivity index (χ3n) is 3.44. The van der Waals surface area contributed by atoms with Crippen LogP contribution in [0.4, 0.5) is 0 Å². The highest BCUT2D eigenvalue weighted by atomic mass is 127. The van der Waals surface area contributed by atoms with E-state index in [-0.39, 0.29) is 24.0 Å². The molecule has 2 rings (SSSR count). The summed E-state index contributed by atoms with van der Waals surface area (Å²) >= 11 is 1.83. The molecular formula is C15H26IN3S. The Kier molecular flexibility index (Phi) is 7.87. The van der Waals surface area contributed by atoms with Gasteiger partial charge in [-0.05, 0) is 44.7 Å². The van der Waals surface area contributed by atoms with Crippen molar-refractivity contribution in [1.82, 2.24) is 10.6 Å². The second-order valence-corrected chi connectivity index (χ2v) is 6.62. The van der Waals surface area contributed by atoms with Crippen molar-refractivity contribution in [3.63, 3.8) is 0 Å². The number of hydrogen-bond donors (Lipinski definition) is 2. The normalized spacial score (nSPS) is 21.2. The molecule has 1 saturated carbocycles. The maximum absolute atomic E-state index is 4.68. The van der Waals surface area contributed by atoms with Crippen molar-refractivity contribution >= 4 is 41.3 Å². The number of thiophene rings is 1. The number of rotatable bonds is 6. The average molecular weight is 407 g/mol. The molecule has 0 aliphatic heterocycles. The lowest BCUT2D eigenvalue weighted by Gasteiger charge is -2.10. The Morgan fingerprint density at radius 2 is 2.20 bits per heavy atom. The maximum atomic E-state index is 4.68. The summed E-state index contributed by atoms with van der Waals surface area (Å²) < 4.78 is 0. The molecule has 1 aliphatic rings. The van der Waals surface area contributed by atoms with E-state index in [0.717, 1.165) is 25.0 Å². The minimum atomic E-state index is 0. The molecule has 2 N–H and O–H groups in total. The van der Waals surface area contributed by atoms with Gasteiger partial charge in [-0.1, -0.05) is 13.3 Å². The Balaban J connectivity index is 0.00000200. The molecule has 0 radical (unpaired) electrons. The van der Waals surface area contributed by atoms with E-state index >= 15 is 0 Å². The largest absolute Gasteiger partial charge is 0.357 e. The number of guanidine groups is 1. The first-order valence-corrected chi connectivity index (χ1v) is 8.14. The molecule has 1 aromatic heterocycles. The van der Waals surface area contributed by atoms with E-state index in [1.807, 2.05) is 11.3 Å². The second kappa shape index (κ2) is 8.87. The molecule has 1 aromatic rings. The Hall–Kier alpha value is -0.300. The Bertz CT molecular complexity index is 431. The van der Waals surface area contributed by atoms with E-state index in [1.165, 1.54) is 29.0 Å². The fourth-order valence-electron chi connectivity index (χ4n) is 2.34. The smallest absolute Gasteiger partial charge is 0.191 e. The van der Waals surface area contributed by atoms with Gasteiger partial charge in [0.15, 0.2) is 5.96 Å². The predicted molar refractivity (Wildman–Crippen MR) is 99.2 cm³/mol. The van der Waals surface area contributed by atoms with Gasteiger partial charge in [-0.15, -0.1) is 35.3 Å². The number of hydrogen-bond acceptors (Lipinski definition) is 2. The first kappa shape index (κ1) is 17.8. The fourth-order valence-corrected chi connectivity index (χ4v) is 3.15. The zero-order valence-electron chi connectivity index (χ0n) is 12.6. The molecule has 0 spiro atoms. The molecule has 2 unspecified atom stereocenters. The molecule has 0 bridgehead atoms. The van der Waals surface area contributed by atoms with E-state index in [0.29, 0.717) is 6.04 Å². The van der Waals surface area contributed by atoms with Gasteiger partial charge >= 0.3 is 0 Å². The first-order valence-electron chi connectivity index (χ1n) is 7.33. The van der Waals surface area contributed by atoms with Gasteiger partial charge in [-0.25, -0.2) is 4.99 Å². The van der Waals surface area contributed by atoms with Crippen molar-refractivity contribution < 1.29 is 0 Å². The van der Waals surface area contributed by atoms with E-state index < -0.39 is 0 Å². The third kappa shape index (κ3) is 5.60. The summed E-state index contributed by atoms with van der Waals surface area (Å²) in [5, 5.41) is 6.88. The van der Waals surface area contributed by atoms with Crippen LogP contribution in [0, 0.1) is 12.8 Å². The first-order chi connectivity index (χ1) is 9.22. The van der Waals surface area contributed by atoms with Gasteiger partial charge in [-0.2, -0.15) is 0 Å². The van der Waals surface area contributed by atoms with Crippen LogP contribution in [0.2, 0.25) is 0 Å². The van der Waals surface area contributed by atoms with E-state index in [4.69, 9.17) is 0 Å². The van der Waals surface area contributed by atoms with Crippen LogP contribution in [-0.2, 0) is 6.54 Å². The van der Waals surface area contributed by atoms with Crippen molar-refractivity contribution in [3.8, 4) is 0 Å². The highest BCUT2D eigenvalue weighted by molar-refractivity contribution is 14.0. The van der Waals surface area contributed by atoms with Crippen molar-refractivity contribution in [2.24, 2.45) is 10.9 Å². The van der Waals surface area contributed by atoms with Crippen LogP contribution in [0.3, 0.4) is 0 Å². The second-order valence-electron chi connectivity index (χ2n) is 5.24. The van der Waals surface area contributed by atoms with Crippen molar-refractivity contribution in [3.05, 3.63) is 21.9 Å². The molecule has 1 aliphatic carbocycles.